The summed E-state index contributed by atoms with van der Waals surface area (Å²) < 4.78 is 0. The van der Waals surface area contributed by atoms with Crippen LogP contribution in [0.5, 0.6) is 0 Å². The molecule has 0 nitrogen and oxygen atoms in total. The van der Waals surface area contributed by atoms with E-state index in [0.717, 1.165) is 0 Å². The van der Waals surface area contributed by atoms with Crippen molar-refractivity contribution in [1.82, 2.24) is 0 Å². The largest absolute Gasteiger partial charge is 0.253 e. The monoisotopic (exact) mass is 734 g/mol. The van der Waals surface area contributed by atoms with Gasteiger partial charge in [0.05, 0.1) is 60.3 Å². The average molecular weight is 740 g/mol. The van der Waals surface area contributed by atoms with Gasteiger partial charge in [-0.15, -0.1) is 0 Å². The van der Waals surface area contributed by atoms with Crippen LogP contribution in [0.15, 0.2) is 0 Å². The Bertz CT molecular complexity index is 1160. The summed E-state index contributed by atoms with van der Waals surface area (Å²) in [6, 6.07) is 0. The summed E-state index contributed by atoms with van der Waals surface area (Å²) in [5.41, 5.74) is 2.38. The maximum absolute atomic E-state index is 6.86. The van der Waals surface area contributed by atoms with Crippen molar-refractivity contribution in [2.75, 3.05) is 0 Å². The molecule has 0 atom stereocenters. The molecule has 37 heavy (non-hydrogen) atoms. The molecule has 3 aromatic rings. The van der Waals surface area contributed by atoms with E-state index >= 15 is 0 Å². The fourth-order valence-electron chi connectivity index (χ4n) is 4.21. The Morgan fingerprint density at radius 3 is 0.622 bits per heavy atom. The maximum Gasteiger partial charge on any atom is 0.253 e. The molecule has 0 aromatic heterocycles. The summed E-state index contributed by atoms with van der Waals surface area (Å²) in [6.07, 6.45) is 1.41. The molecule has 0 aliphatic rings. The van der Waals surface area contributed by atoms with Crippen LogP contribution < -0.4 is 16.4 Å². The molecule has 0 amide bonds. The lowest BCUT2D eigenvalue weighted by Crippen LogP contribution is -2.55. The molecule has 3 rings (SSSR count). The number of rotatable bonds is 6. The summed E-state index contributed by atoms with van der Waals surface area (Å²) in [5.74, 6) is 0. The van der Waals surface area contributed by atoms with Crippen molar-refractivity contribution in [3.05, 3.63) is 77.0 Å². The van der Waals surface area contributed by atoms with Crippen molar-refractivity contribution in [1.29, 1.82) is 0 Å². The van der Waals surface area contributed by atoms with Crippen molar-refractivity contribution in [3.8, 4) is 0 Å². The van der Waals surface area contributed by atoms with Gasteiger partial charge in [0.1, 0.15) is 0 Å². The van der Waals surface area contributed by atoms with Gasteiger partial charge in [0.2, 0.25) is 0 Å². The summed E-state index contributed by atoms with van der Waals surface area (Å²) in [5, 5.41) is 1.74. The van der Waals surface area contributed by atoms with Gasteiger partial charge in [-0.2, -0.15) is 0 Å². The number of hydrogen-bond donors (Lipinski definition) is 0. The molecule has 0 saturated carbocycles. The van der Waals surface area contributed by atoms with E-state index < -0.39 is 6.71 Å². The van der Waals surface area contributed by atoms with E-state index in [1.165, 1.54) is 0 Å². The van der Waals surface area contributed by atoms with E-state index in [4.69, 9.17) is 139 Å². The molecule has 0 aliphatic heterocycles. The van der Waals surface area contributed by atoms with Gasteiger partial charge >= 0.3 is 0 Å². The lowest BCUT2D eigenvalue weighted by atomic mass is 9.36. The van der Waals surface area contributed by atoms with Gasteiger partial charge in [-0.1, -0.05) is 160 Å². The summed E-state index contributed by atoms with van der Waals surface area (Å²) in [4.78, 5) is 0. The molecule has 0 fully saturated rings. The van der Waals surface area contributed by atoms with Gasteiger partial charge in [-0.05, 0) is 52.3 Å². The molecule has 13 heteroatoms. The van der Waals surface area contributed by atoms with E-state index in [2.05, 4.69) is 0 Å². The van der Waals surface area contributed by atoms with Crippen LogP contribution in [0, 0.1) is 0 Å². The second-order valence-corrected chi connectivity index (χ2v) is 12.5. The molecular formula is C24H15BCl12. The second-order valence-electron chi connectivity index (χ2n) is 7.94. The summed E-state index contributed by atoms with van der Waals surface area (Å²) in [6.45, 7) is 4.53. The van der Waals surface area contributed by atoms with Gasteiger partial charge in [-0.3, -0.25) is 0 Å². The minimum atomic E-state index is -1.07. The topological polar surface area (TPSA) is 0 Å². The molecule has 0 bridgehead atoms. The van der Waals surface area contributed by atoms with Crippen molar-refractivity contribution >= 4 is 162 Å². The molecule has 0 N–H and O–H groups in total. The van der Waals surface area contributed by atoms with Crippen LogP contribution in [-0.4, -0.2) is 6.71 Å². The lowest BCUT2D eigenvalue weighted by Gasteiger charge is -2.27. The predicted molar refractivity (Wildman–Crippen MR) is 172 cm³/mol. The van der Waals surface area contributed by atoms with Crippen LogP contribution in [0.3, 0.4) is 0 Å². The second kappa shape index (κ2) is 13.0. The fourth-order valence-corrected chi connectivity index (χ4v) is 8.38. The highest BCUT2D eigenvalue weighted by Gasteiger charge is 2.39. The van der Waals surface area contributed by atoms with Crippen LogP contribution in [0.2, 0.25) is 60.3 Å². The molecule has 0 heterocycles. The first-order valence-electron chi connectivity index (χ1n) is 10.8. The third-order valence-corrected chi connectivity index (χ3v) is 11.5. The third-order valence-electron chi connectivity index (χ3n) is 6.09. The Morgan fingerprint density at radius 2 is 0.486 bits per heavy atom. The quantitative estimate of drug-likeness (QED) is 0.174. The van der Waals surface area contributed by atoms with E-state index in [0.29, 0.717) is 36.0 Å². The Labute approximate surface area is 276 Å². The first-order chi connectivity index (χ1) is 17.3. The molecular weight excluding hydrogens is 725 g/mol. The molecule has 0 unspecified atom stereocenters. The number of halogens is 12. The first kappa shape index (κ1) is 32.7. The van der Waals surface area contributed by atoms with Gasteiger partial charge in [-0.25, -0.2) is 0 Å². The third kappa shape index (κ3) is 5.54. The Hall–Kier alpha value is 1.20. The van der Waals surface area contributed by atoms with Crippen molar-refractivity contribution in [2.45, 2.75) is 40.0 Å². The van der Waals surface area contributed by atoms with E-state index in [1.807, 2.05) is 20.8 Å². The zero-order valence-electron chi connectivity index (χ0n) is 19.2. The Balaban J connectivity index is 2.67. The van der Waals surface area contributed by atoms with Gasteiger partial charge in [0.15, 0.2) is 0 Å². The standard InChI is InChI=1S/C24H15BCl12/c1-4-7-13(26)19(32)10(20(33)14(7)27)25(11-21(34)15(28)8(5-2)16(29)22(11)35)12-23(36)17(30)9(6-3)18(31)24(12)37/h4-6H2,1-3H3. The zero-order chi connectivity index (χ0) is 28.1. The molecule has 0 spiro atoms. The van der Waals surface area contributed by atoms with Crippen molar-refractivity contribution in [2.24, 2.45) is 0 Å². The van der Waals surface area contributed by atoms with E-state index in [1.54, 1.807) is 0 Å². The van der Waals surface area contributed by atoms with Crippen molar-refractivity contribution in [3.63, 3.8) is 0 Å². The molecule has 0 radical (unpaired) electrons. The Morgan fingerprint density at radius 1 is 0.324 bits per heavy atom. The smallest absolute Gasteiger partial charge is 0.0832 e. The molecule has 198 valence electrons. The van der Waals surface area contributed by atoms with E-state index in [-0.39, 0.29) is 76.7 Å². The van der Waals surface area contributed by atoms with Gasteiger partial charge < -0.3 is 0 Å². The zero-order valence-corrected chi connectivity index (χ0v) is 28.3. The van der Waals surface area contributed by atoms with Crippen LogP contribution in [0.25, 0.3) is 0 Å². The SMILES string of the molecule is CCc1c(Cl)c(Cl)c(B(c2c(Cl)c(Cl)c(CC)c(Cl)c2Cl)c2c(Cl)c(Cl)c(CC)c(Cl)c2Cl)c(Cl)c1Cl. The van der Waals surface area contributed by atoms with Crippen molar-refractivity contribution < 1.29 is 0 Å². The highest BCUT2D eigenvalue weighted by atomic mass is 35.5. The maximum atomic E-state index is 6.86. The van der Waals surface area contributed by atoms with Crippen LogP contribution in [0.1, 0.15) is 37.5 Å². The minimum Gasteiger partial charge on any atom is -0.0832 e. The van der Waals surface area contributed by atoms with E-state index in [9.17, 15) is 0 Å². The lowest BCUT2D eigenvalue weighted by molar-refractivity contribution is 1.14. The Kier molecular flexibility index (Phi) is 11.5. The molecule has 3 aromatic carbocycles. The number of hydrogen-bond acceptors (Lipinski definition) is 0. The van der Waals surface area contributed by atoms with Crippen LogP contribution in [0.4, 0.5) is 0 Å². The normalized spacial score (nSPS) is 11.4. The van der Waals surface area contributed by atoms with Crippen LogP contribution >= 0.6 is 139 Å². The molecule has 0 saturated heterocycles. The summed E-state index contributed by atoms with van der Waals surface area (Å²) >= 11 is 81.1. The van der Waals surface area contributed by atoms with Crippen LogP contribution in [-0.2, 0) is 19.3 Å². The summed E-state index contributed by atoms with van der Waals surface area (Å²) in [7, 11) is 0. The predicted octanol–water partition coefficient (Wildman–Crippen LogP) is 11.7. The fraction of sp³-hybridized carbons (Fsp3) is 0.250. The highest BCUT2D eigenvalue weighted by molar-refractivity contribution is 7.02. The average Bonchev–Trinajstić information content (AvgIpc) is 2.86. The minimum absolute atomic E-state index is 0.0933. The highest BCUT2D eigenvalue weighted by Crippen LogP contribution is 2.42. The van der Waals surface area contributed by atoms with Gasteiger partial charge in [0.25, 0.3) is 6.71 Å². The van der Waals surface area contributed by atoms with Gasteiger partial charge in [0, 0.05) is 0 Å². The first-order valence-corrected chi connectivity index (χ1v) is 15.4. The molecule has 0 aliphatic carbocycles. The number of benzene rings is 3.